The lowest BCUT2D eigenvalue weighted by Crippen LogP contribution is -2.05. The van der Waals surface area contributed by atoms with Gasteiger partial charge in [-0.2, -0.15) is 0 Å². The molecule has 19 heavy (non-hydrogen) atoms. The first kappa shape index (κ1) is 13.8. The van der Waals surface area contributed by atoms with Gasteiger partial charge in [0.25, 0.3) is 0 Å². The molecule has 0 fully saturated rings. The minimum absolute atomic E-state index is 0.179. The smallest absolute Gasteiger partial charge is 0.127 e. The number of aryl methyl sites for hydroxylation is 1. The molecule has 0 bridgehead atoms. The standard InChI is InChI=1S/C17H17ClO/c1-2-13-7-9-14(10-8-13)11-15(12-19)16-5-3-4-6-17(16)18/h3-10,12,15H,2,11H2,1H3. The summed E-state index contributed by atoms with van der Waals surface area (Å²) in [5.74, 6) is -0.179. The summed E-state index contributed by atoms with van der Waals surface area (Å²) in [4.78, 5) is 11.3. The number of hydrogen-bond acceptors (Lipinski definition) is 1. The van der Waals surface area contributed by atoms with Gasteiger partial charge in [-0.05, 0) is 35.6 Å². The molecule has 2 heteroatoms. The van der Waals surface area contributed by atoms with Crippen LogP contribution < -0.4 is 0 Å². The van der Waals surface area contributed by atoms with Gasteiger partial charge < -0.3 is 4.79 Å². The van der Waals surface area contributed by atoms with E-state index in [1.54, 1.807) is 0 Å². The molecule has 0 heterocycles. The molecule has 1 unspecified atom stereocenters. The molecule has 0 saturated heterocycles. The van der Waals surface area contributed by atoms with E-state index in [0.717, 1.165) is 23.8 Å². The summed E-state index contributed by atoms with van der Waals surface area (Å²) in [7, 11) is 0. The lowest BCUT2D eigenvalue weighted by molar-refractivity contribution is -0.109. The Bertz CT molecular complexity index is 545. The minimum Gasteiger partial charge on any atom is -0.303 e. The van der Waals surface area contributed by atoms with Crippen molar-refractivity contribution in [3.8, 4) is 0 Å². The van der Waals surface area contributed by atoms with Crippen molar-refractivity contribution in [3.63, 3.8) is 0 Å². The SMILES string of the molecule is CCc1ccc(CC(C=O)c2ccccc2Cl)cc1. The van der Waals surface area contributed by atoms with Crippen LogP contribution in [-0.2, 0) is 17.6 Å². The van der Waals surface area contributed by atoms with Gasteiger partial charge in [0.15, 0.2) is 0 Å². The maximum Gasteiger partial charge on any atom is 0.127 e. The largest absolute Gasteiger partial charge is 0.303 e. The highest BCUT2D eigenvalue weighted by Crippen LogP contribution is 2.26. The molecule has 1 atom stereocenters. The number of hydrogen-bond donors (Lipinski definition) is 0. The van der Waals surface area contributed by atoms with E-state index in [4.69, 9.17) is 11.6 Å². The molecule has 0 aliphatic carbocycles. The molecular formula is C17H17ClO. The van der Waals surface area contributed by atoms with Crippen LogP contribution in [0.5, 0.6) is 0 Å². The first-order valence-electron chi connectivity index (χ1n) is 6.52. The van der Waals surface area contributed by atoms with Crippen LogP contribution in [0, 0.1) is 0 Å². The van der Waals surface area contributed by atoms with Gasteiger partial charge in [0.2, 0.25) is 0 Å². The molecule has 0 N–H and O–H groups in total. The number of carbonyl (C=O) groups excluding carboxylic acids is 1. The molecule has 0 aromatic heterocycles. The summed E-state index contributed by atoms with van der Waals surface area (Å²) < 4.78 is 0. The zero-order valence-electron chi connectivity index (χ0n) is 11.0. The second-order valence-electron chi connectivity index (χ2n) is 4.64. The Labute approximate surface area is 119 Å². The molecule has 0 radical (unpaired) electrons. The number of benzene rings is 2. The second kappa shape index (κ2) is 6.53. The number of rotatable bonds is 5. The van der Waals surface area contributed by atoms with Crippen molar-refractivity contribution in [1.29, 1.82) is 0 Å². The van der Waals surface area contributed by atoms with E-state index >= 15 is 0 Å². The first-order chi connectivity index (χ1) is 9.24. The maximum absolute atomic E-state index is 11.3. The van der Waals surface area contributed by atoms with Crippen molar-refractivity contribution in [1.82, 2.24) is 0 Å². The quantitative estimate of drug-likeness (QED) is 0.736. The number of aldehydes is 1. The highest BCUT2D eigenvalue weighted by Gasteiger charge is 2.14. The van der Waals surface area contributed by atoms with Crippen LogP contribution in [0.15, 0.2) is 48.5 Å². The average molecular weight is 273 g/mol. The van der Waals surface area contributed by atoms with E-state index in [2.05, 4.69) is 31.2 Å². The third-order valence-corrected chi connectivity index (χ3v) is 3.70. The Morgan fingerprint density at radius 2 is 1.68 bits per heavy atom. The van der Waals surface area contributed by atoms with Gasteiger partial charge in [0, 0.05) is 10.9 Å². The van der Waals surface area contributed by atoms with Crippen LogP contribution in [0.1, 0.15) is 29.5 Å². The maximum atomic E-state index is 11.3. The third-order valence-electron chi connectivity index (χ3n) is 3.36. The minimum atomic E-state index is -0.179. The monoisotopic (exact) mass is 272 g/mol. The van der Waals surface area contributed by atoms with Gasteiger partial charge in [0.05, 0.1) is 0 Å². The van der Waals surface area contributed by atoms with Gasteiger partial charge in [-0.1, -0.05) is 61.0 Å². The number of carbonyl (C=O) groups is 1. The molecular weight excluding hydrogens is 256 g/mol. The Morgan fingerprint density at radius 1 is 1.05 bits per heavy atom. The summed E-state index contributed by atoms with van der Waals surface area (Å²) >= 11 is 6.15. The lowest BCUT2D eigenvalue weighted by Gasteiger charge is -2.12. The molecule has 1 nitrogen and oxygen atoms in total. The van der Waals surface area contributed by atoms with Crippen molar-refractivity contribution in [3.05, 3.63) is 70.2 Å². The van der Waals surface area contributed by atoms with Crippen LogP contribution in [0.2, 0.25) is 5.02 Å². The molecule has 2 aromatic rings. The Morgan fingerprint density at radius 3 is 2.26 bits per heavy atom. The predicted molar refractivity (Wildman–Crippen MR) is 79.8 cm³/mol. The molecule has 0 amide bonds. The zero-order valence-corrected chi connectivity index (χ0v) is 11.7. The molecule has 0 aliphatic heterocycles. The van der Waals surface area contributed by atoms with Gasteiger partial charge in [-0.15, -0.1) is 0 Å². The van der Waals surface area contributed by atoms with Crippen molar-refractivity contribution < 1.29 is 4.79 Å². The lowest BCUT2D eigenvalue weighted by atomic mass is 9.93. The van der Waals surface area contributed by atoms with Crippen LogP contribution in [0.4, 0.5) is 0 Å². The second-order valence-corrected chi connectivity index (χ2v) is 5.05. The molecule has 2 aromatic carbocycles. The van der Waals surface area contributed by atoms with E-state index in [9.17, 15) is 4.79 Å². The van der Waals surface area contributed by atoms with Crippen LogP contribution in [0.25, 0.3) is 0 Å². The average Bonchev–Trinajstić information content (AvgIpc) is 2.46. The third kappa shape index (κ3) is 3.45. The van der Waals surface area contributed by atoms with Gasteiger partial charge in [0.1, 0.15) is 6.29 Å². The van der Waals surface area contributed by atoms with Crippen LogP contribution in [-0.4, -0.2) is 6.29 Å². The van der Waals surface area contributed by atoms with E-state index in [0.29, 0.717) is 11.4 Å². The highest BCUT2D eigenvalue weighted by atomic mass is 35.5. The molecule has 0 aliphatic rings. The first-order valence-corrected chi connectivity index (χ1v) is 6.90. The molecule has 0 saturated carbocycles. The molecule has 0 spiro atoms. The van der Waals surface area contributed by atoms with Crippen LogP contribution >= 0.6 is 11.6 Å². The van der Waals surface area contributed by atoms with Crippen molar-refractivity contribution in [2.24, 2.45) is 0 Å². The zero-order chi connectivity index (χ0) is 13.7. The van der Waals surface area contributed by atoms with Gasteiger partial charge in [-0.25, -0.2) is 0 Å². The summed E-state index contributed by atoms with van der Waals surface area (Å²) in [6.45, 7) is 2.13. The topological polar surface area (TPSA) is 17.1 Å². The van der Waals surface area contributed by atoms with Gasteiger partial charge >= 0.3 is 0 Å². The van der Waals surface area contributed by atoms with E-state index in [1.165, 1.54) is 5.56 Å². The summed E-state index contributed by atoms with van der Waals surface area (Å²) in [5.41, 5.74) is 3.37. The Balaban J connectivity index is 2.19. The van der Waals surface area contributed by atoms with Gasteiger partial charge in [-0.3, -0.25) is 0 Å². The summed E-state index contributed by atoms with van der Waals surface area (Å²) in [5, 5.41) is 0.657. The van der Waals surface area contributed by atoms with E-state index in [1.807, 2.05) is 24.3 Å². The van der Waals surface area contributed by atoms with Crippen molar-refractivity contribution >= 4 is 17.9 Å². The van der Waals surface area contributed by atoms with E-state index in [-0.39, 0.29) is 5.92 Å². The fraction of sp³-hybridized carbons (Fsp3) is 0.235. The fourth-order valence-electron chi connectivity index (χ4n) is 2.17. The van der Waals surface area contributed by atoms with E-state index < -0.39 is 0 Å². The number of halogens is 1. The van der Waals surface area contributed by atoms with Crippen molar-refractivity contribution in [2.75, 3.05) is 0 Å². The Kier molecular flexibility index (Phi) is 4.75. The summed E-state index contributed by atoms with van der Waals surface area (Å²) in [6.07, 6.45) is 2.70. The normalized spacial score (nSPS) is 12.1. The molecule has 2 rings (SSSR count). The van der Waals surface area contributed by atoms with Crippen molar-refractivity contribution in [2.45, 2.75) is 25.7 Å². The summed E-state index contributed by atoms with van der Waals surface area (Å²) in [6, 6.07) is 15.9. The Hall–Kier alpha value is -1.60. The fourth-order valence-corrected chi connectivity index (χ4v) is 2.45. The predicted octanol–water partition coefficient (Wildman–Crippen LogP) is 4.43. The highest BCUT2D eigenvalue weighted by molar-refractivity contribution is 6.31. The molecule has 98 valence electrons. The van der Waals surface area contributed by atoms with Crippen LogP contribution in [0.3, 0.4) is 0 Å².